The summed E-state index contributed by atoms with van der Waals surface area (Å²) in [6, 6.07) is 11.9. The van der Waals surface area contributed by atoms with Gasteiger partial charge in [-0.15, -0.1) is 0 Å². The Morgan fingerprint density at radius 2 is 2.00 bits per heavy atom. The zero-order chi connectivity index (χ0) is 19.1. The van der Waals surface area contributed by atoms with E-state index < -0.39 is 0 Å². The number of aryl methyl sites for hydroxylation is 1. The van der Waals surface area contributed by atoms with Crippen molar-refractivity contribution < 1.29 is 4.74 Å². The molecule has 0 saturated heterocycles. The summed E-state index contributed by atoms with van der Waals surface area (Å²) in [6.45, 7) is 2.02. The average molecular weight is 370 g/mol. The van der Waals surface area contributed by atoms with Crippen molar-refractivity contribution in [2.24, 2.45) is 7.05 Å². The van der Waals surface area contributed by atoms with E-state index in [-0.39, 0.29) is 6.10 Å². The molecular weight excluding hydrogens is 352 g/mol. The number of rotatable bonds is 4. The molecule has 0 aliphatic heterocycles. The van der Waals surface area contributed by atoms with Gasteiger partial charge in [0.2, 0.25) is 0 Å². The number of fused-ring (bicyclic) bond motifs is 2. The number of ether oxygens (including phenoxy) is 1. The van der Waals surface area contributed by atoms with E-state index in [0.717, 1.165) is 44.5 Å². The molecule has 7 heteroatoms. The van der Waals surface area contributed by atoms with Gasteiger partial charge in [0.1, 0.15) is 17.5 Å². The third-order valence-electron chi connectivity index (χ3n) is 4.79. The van der Waals surface area contributed by atoms with Gasteiger partial charge < -0.3 is 4.74 Å². The monoisotopic (exact) mass is 370 g/mol. The lowest BCUT2D eigenvalue weighted by Crippen LogP contribution is -2.04. The molecule has 0 fully saturated rings. The second kappa shape index (κ2) is 6.45. The van der Waals surface area contributed by atoms with Crippen LogP contribution in [0.5, 0.6) is 5.75 Å². The standard InChI is InChI=1S/C21H18N6O/c1-13(16-4-3-5-19-21(16)23-9-8-22-19)28-15-6-7-18-17(10-15)20(26-25-18)14-11-24-27(2)12-14/h3-13H,1-2H3,(H,25,26). The highest BCUT2D eigenvalue weighted by molar-refractivity contribution is 5.93. The number of para-hydroxylation sites is 1. The minimum absolute atomic E-state index is 0.174. The Morgan fingerprint density at radius 3 is 2.86 bits per heavy atom. The summed E-state index contributed by atoms with van der Waals surface area (Å²) in [4.78, 5) is 8.85. The normalized spacial score (nSPS) is 12.5. The first-order valence-electron chi connectivity index (χ1n) is 9.02. The van der Waals surface area contributed by atoms with E-state index in [2.05, 4.69) is 25.3 Å². The highest BCUT2D eigenvalue weighted by atomic mass is 16.5. The van der Waals surface area contributed by atoms with Gasteiger partial charge in [-0.1, -0.05) is 12.1 Å². The van der Waals surface area contributed by atoms with Crippen molar-refractivity contribution in [3.63, 3.8) is 0 Å². The molecule has 0 saturated carbocycles. The fourth-order valence-corrected chi connectivity index (χ4v) is 3.44. The van der Waals surface area contributed by atoms with Crippen LogP contribution in [-0.2, 0) is 7.05 Å². The van der Waals surface area contributed by atoms with Crippen molar-refractivity contribution in [2.45, 2.75) is 13.0 Å². The summed E-state index contributed by atoms with van der Waals surface area (Å²) >= 11 is 0. The lowest BCUT2D eigenvalue weighted by molar-refractivity contribution is 0.228. The molecule has 5 rings (SSSR count). The van der Waals surface area contributed by atoms with Crippen LogP contribution in [-0.4, -0.2) is 29.9 Å². The van der Waals surface area contributed by atoms with E-state index in [1.165, 1.54) is 0 Å². The molecule has 1 N–H and O–H groups in total. The first kappa shape index (κ1) is 16.4. The summed E-state index contributed by atoms with van der Waals surface area (Å²) in [5, 5.41) is 12.8. The van der Waals surface area contributed by atoms with Gasteiger partial charge in [-0.3, -0.25) is 19.7 Å². The third-order valence-corrected chi connectivity index (χ3v) is 4.79. The molecule has 5 aromatic rings. The van der Waals surface area contributed by atoms with Crippen LogP contribution in [0.25, 0.3) is 33.2 Å². The summed E-state index contributed by atoms with van der Waals surface area (Å²) in [6.07, 6.45) is 6.98. The highest BCUT2D eigenvalue weighted by Crippen LogP contribution is 2.31. The summed E-state index contributed by atoms with van der Waals surface area (Å²) in [5.74, 6) is 0.771. The van der Waals surface area contributed by atoms with Crippen LogP contribution in [0.15, 0.2) is 61.2 Å². The van der Waals surface area contributed by atoms with Gasteiger partial charge >= 0.3 is 0 Å². The Bertz CT molecular complexity index is 1280. The van der Waals surface area contributed by atoms with Gasteiger partial charge in [0.05, 0.1) is 22.7 Å². The Kier molecular flexibility index (Phi) is 3.79. The van der Waals surface area contributed by atoms with Crippen LogP contribution >= 0.6 is 0 Å². The molecule has 0 aliphatic rings. The fraction of sp³-hybridized carbons (Fsp3) is 0.143. The quantitative estimate of drug-likeness (QED) is 0.516. The molecule has 28 heavy (non-hydrogen) atoms. The molecule has 0 bridgehead atoms. The van der Waals surface area contributed by atoms with E-state index >= 15 is 0 Å². The van der Waals surface area contributed by atoms with Gasteiger partial charge in [-0.05, 0) is 31.2 Å². The number of hydrogen-bond donors (Lipinski definition) is 1. The first-order chi connectivity index (χ1) is 13.7. The topological polar surface area (TPSA) is 81.5 Å². The maximum atomic E-state index is 6.25. The van der Waals surface area contributed by atoms with E-state index in [9.17, 15) is 0 Å². The van der Waals surface area contributed by atoms with Crippen LogP contribution in [0.1, 0.15) is 18.6 Å². The smallest absolute Gasteiger partial charge is 0.123 e. The van der Waals surface area contributed by atoms with Crippen molar-refractivity contribution in [3.8, 4) is 17.0 Å². The maximum Gasteiger partial charge on any atom is 0.123 e. The fourth-order valence-electron chi connectivity index (χ4n) is 3.44. The number of benzene rings is 2. The number of aromatic nitrogens is 6. The molecule has 2 aromatic carbocycles. The molecule has 0 radical (unpaired) electrons. The Balaban J connectivity index is 1.51. The van der Waals surface area contributed by atoms with Gasteiger partial charge in [0, 0.05) is 42.2 Å². The lowest BCUT2D eigenvalue weighted by atomic mass is 10.1. The van der Waals surface area contributed by atoms with E-state index in [1.54, 1.807) is 23.3 Å². The number of H-pyrrole nitrogens is 1. The van der Waals surface area contributed by atoms with Crippen LogP contribution in [0, 0.1) is 0 Å². The summed E-state index contributed by atoms with van der Waals surface area (Å²) < 4.78 is 8.02. The third kappa shape index (κ3) is 2.77. The lowest BCUT2D eigenvalue weighted by Gasteiger charge is -2.16. The number of aromatic amines is 1. The number of nitrogens with zero attached hydrogens (tertiary/aromatic N) is 5. The second-order valence-electron chi connectivity index (χ2n) is 6.71. The van der Waals surface area contributed by atoms with Crippen molar-refractivity contribution >= 4 is 21.9 Å². The minimum atomic E-state index is -0.174. The van der Waals surface area contributed by atoms with Gasteiger partial charge in [-0.25, -0.2) is 0 Å². The molecule has 3 aromatic heterocycles. The molecule has 3 heterocycles. The summed E-state index contributed by atoms with van der Waals surface area (Å²) in [7, 11) is 1.89. The van der Waals surface area contributed by atoms with Gasteiger partial charge in [0.15, 0.2) is 0 Å². The van der Waals surface area contributed by atoms with E-state index in [4.69, 9.17) is 4.74 Å². The molecule has 0 aliphatic carbocycles. The number of hydrogen-bond acceptors (Lipinski definition) is 5. The van der Waals surface area contributed by atoms with Crippen LogP contribution in [0.3, 0.4) is 0 Å². The van der Waals surface area contributed by atoms with E-state index in [1.807, 2.05) is 56.6 Å². The SMILES string of the molecule is CC(Oc1ccc2[nH]nc(-c3cnn(C)c3)c2c1)c1cccc2nccnc12. The zero-order valence-electron chi connectivity index (χ0n) is 15.5. The van der Waals surface area contributed by atoms with Crippen LogP contribution in [0.4, 0.5) is 0 Å². The first-order valence-corrected chi connectivity index (χ1v) is 9.02. The molecule has 1 unspecified atom stereocenters. The second-order valence-corrected chi connectivity index (χ2v) is 6.71. The van der Waals surface area contributed by atoms with Crippen molar-refractivity contribution in [1.29, 1.82) is 0 Å². The Labute approximate surface area is 161 Å². The van der Waals surface area contributed by atoms with Crippen molar-refractivity contribution in [2.75, 3.05) is 0 Å². The zero-order valence-corrected chi connectivity index (χ0v) is 15.5. The predicted octanol–water partition coefficient (Wildman–Crippen LogP) is 4.05. The summed E-state index contributed by atoms with van der Waals surface area (Å²) in [5.41, 5.74) is 5.50. The molecule has 7 nitrogen and oxygen atoms in total. The van der Waals surface area contributed by atoms with Crippen molar-refractivity contribution in [1.82, 2.24) is 29.9 Å². The van der Waals surface area contributed by atoms with Gasteiger partial charge in [0.25, 0.3) is 0 Å². The minimum Gasteiger partial charge on any atom is -0.486 e. The molecule has 1 atom stereocenters. The van der Waals surface area contributed by atoms with Crippen LogP contribution in [0.2, 0.25) is 0 Å². The van der Waals surface area contributed by atoms with Crippen molar-refractivity contribution in [3.05, 3.63) is 66.7 Å². The molecule has 138 valence electrons. The Hall–Kier alpha value is -3.74. The molecular formula is C21H18N6O. The highest BCUT2D eigenvalue weighted by Gasteiger charge is 2.15. The predicted molar refractivity (Wildman–Crippen MR) is 107 cm³/mol. The van der Waals surface area contributed by atoms with Gasteiger partial charge in [-0.2, -0.15) is 10.2 Å². The van der Waals surface area contributed by atoms with E-state index in [0.29, 0.717) is 0 Å². The molecule has 0 spiro atoms. The van der Waals surface area contributed by atoms with Crippen LogP contribution < -0.4 is 4.74 Å². The Morgan fingerprint density at radius 1 is 1.11 bits per heavy atom. The maximum absolute atomic E-state index is 6.25. The number of nitrogens with one attached hydrogen (secondary N) is 1. The molecule has 0 amide bonds. The largest absolute Gasteiger partial charge is 0.486 e. The average Bonchev–Trinajstić information content (AvgIpc) is 3.33.